The van der Waals surface area contributed by atoms with E-state index in [1.54, 1.807) is 24.3 Å². The first kappa shape index (κ1) is 25.6. The fraction of sp³-hybridized carbons (Fsp3) is 0.391. The molecule has 1 saturated heterocycles. The zero-order valence-corrected chi connectivity index (χ0v) is 20.0. The monoisotopic (exact) mass is 491 g/mol. The van der Waals surface area contributed by atoms with E-state index in [0.717, 1.165) is 5.01 Å². The number of ether oxygens (including phenoxy) is 2. The van der Waals surface area contributed by atoms with Gasteiger partial charge < -0.3 is 14.8 Å². The number of methoxy groups -OCH3 is 2. The number of rotatable bonds is 9. The maximum absolute atomic E-state index is 13.0. The van der Waals surface area contributed by atoms with E-state index < -0.39 is 22.4 Å². The van der Waals surface area contributed by atoms with Crippen LogP contribution in [0.4, 0.5) is 0 Å². The van der Waals surface area contributed by atoms with Gasteiger partial charge in [0.15, 0.2) is 0 Å². The lowest BCUT2D eigenvalue weighted by Gasteiger charge is -2.33. The summed E-state index contributed by atoms with van der Waals surface area (Å²) < 4.78 is 35.5. The van der Waals surface area contributed by atoms with Gasteiger partial charge in [-0.15, -0.1) is 0 Å². The Bertz CT molecular complexity index is 1080. The highest BCUT2D eigenvalue weighted by atomic mass is 32.2. The van der Waals surface area contributed by atoms with Crippen molar-refractivity contribution in [3.05, 3.63) is 54.1 Å². The van der Waals surface area contributed by atoms with Gasteiger partial charge in [0.1, 0.15) is 12.3 Å². The summed E-state index contributed by atoms with van der Waals surface area (Å²) in [4.78, 5) is 25.0. The number of amides is 1. The van der Waals surface area contributed by atoms with Crippen molar-refractivity contribution in [2.45, 2.75) is 29.2 Å². The molecule has 0 aromatic heterocycles. The van der Waals surface area contributed by atoms with Crippen molar-refractivity contribution in [1.82, 2.24) is 15.5 Å². The fourth-order valence-electron chi connectivity index (χ4n) is 3.65. The Morgan fingerprint density at radius 1 is 1.00 bits per heavy atom. The SMILES string of the molecule is COC(=O)CN(C(=O)C1CCNCC1)N(O)Cc1ccc(S(=O)(=O)c2ccc(OC)cc2)cc1. The Labute approximate surface area is 198 Å². The van der Waals surface area contributed by atoms with Gasteiger partial charge in [-0.05, 0) is 67.9 Å². The van der Waals surface area contributed by atoms with Crippen LogP contribution < -0.4 is 10.1 Å². The normalized spacial score (nSPS) is 14.6. The smallest absolute Gasteiger partial charge is 0.327 e. The van der Waals surface area contributed by atoms with E-state index in [1.165, 1.54) is 38.5 Å². The number of nitrogens with zero attached hydrogens (tertiary/aromatic N) is 2. The molecule has 184 valence electrons. The fourth-order valence-corrected chi connectivity index (χ4v) is 4.91. The van der Waals surface area contributed by atoms with Crippen molar-refractivity contribution in [3.63, 3.8) is 0 Å². The number of carbonyl (C=O) groups excluding carboxylic acids is 2. The molecule has 1 amide bonds. The number of benzene rings is 2. The molecule has 3 rings (SSSR count). The second-order valence-electron chi connectivity index (χ2n) is 7.85. The van der Waals surface area contributed by atoms with Gasteiger partial charge in [-0.1, -0.05) is 17.3 Å². The van der Waals surface area contributed by atoms with Crippen molar-refractivity contribution in [3.8, 4) is 5.75 Å². The highest BCUT2D eigenvalue weighted by Crippen LogP contribution is 2.24. The number of carbonyl (C=O) groups is 2. The molecule has 0 atom stereocenters. The molecule has 2 aromatic carbocycles. The van der Waals surface area contributed by atoms with E-state index in [4.69, 9.17) is 4.74 Å². The number of hydrogen-bond donors (Lipinski definition) is 2. The third kappa shape index (κ3) is 6.11. The average Bonchev–Trinajstić information content (AvgIpc) is 2.87. The molecule has 2 N–H and O–H groups in total. The van der Waals surface area contributed by atoms with Crippen molar-refractivity contribution in [2.75, 3.05) is 33.9 Å². The van der Waals surface area contributed by atoms with Crippen LogP contribution in [-0.2, 0) is 30.7 Å². The summed E-state index contributed by atoms with van der Waals surface area (Å²) in [5.41, 5.74) is 0.546. The summed E-state index contributed by atoms with van der Waals surface area (Å²) in [6.45, 7) is 0.798. The molecule has 0 radical (unpaired) electrons. The predicted molar refractivity (Wildman–Crippen MR) is 122 cm³/mol. The van der Waals surface area contributed by atoms with Crippen LogP contribution >= 0.6 is 0 Å². The summed E-state index contributed by atoms with van der Waals surface area (Å²) in [5, 5.41) is 15.5. The lowest BCUT2D eigenvalue weighted by Crippen LogP contribution is -2.51. The summed E-state index contributed by atoms with van der Waals surface area (Å²) in [6, 6.07) is 12.0. The lowest BCUT2D eigenvalue weighted by molar-refractivity contribution is -0.250. The van der Waals surface area contributed by atoms with E-state index in [9.17, 15) is 23.2 Å². The van der Waals surface area contributed by atoms with E-state index in [2.05, 4.69) is 10.1 Å². The molecule has 0 unspecified atom stereocenters. The third-order valence-electron chi connectivity index (χ3n) is 5.66. The number of hydrogen-bond acceptors (Lipinski definition) is 9. The van der Waals surface area contributed by atoms with Gasteiger partial charge in [0.2, 0.25) is 15.7 Å². The van der Waals surface area contributed by atoms with Gasteiger partial charge in [-0.2, -0.15) is 0 Å². The number of nitrogens with one attached hydrogen (secondary N) is 1. The first-order valence-corrected chi connectivity index (χ1v) is 12.3. The standard InChI is InChI=1S/C23H29N3O7S/c1-32-19-5-9-21(10-6-19)34(30,31)20-7-3-17(4-8-20)15-26(29)25(16-22(27)33-2)23(28)18-11-13-24-14-12-18/h3-10,18,24,29H,11-16H2,1-2H3. The quantitative estimate of drug-likeness (QED) is 0.398. The largest absolute Gasteiger partial charge is 0.497 e. The van der Waals surface area contributed by atoms with Gasteiger partial charge in [-0.3, -0.25) is 14.8 Å². The molecule has 1 fully saturated rings. The number of hydrazine groups is 1. The van der Waals surface area contributed by atoms with Crippen LogP contribution in [0, 0.1) is 5.92 Å². The topological polar surface area (TPSA) is 125 Å². The van der Waals surface area contributed by atoms with Crippen molar-refractivity contribution < 1.29 is 32.7 Å². The average molecular weight is 492 g/mol. The zero-order valence-electron chi connectivity index (χ0n) is 19.1. The van der Waals surface area contributed by atoms with E-state index >= 15 is 0 Å². The molecular formula is C23H29N3O7S. The predicted octanol–water partition coefficient (Wildman–Crippen LogP) is 1.64. The summed E-state index contributed by atoms with van der Waals surface area (Å²) in [5.74, 6) is -0.805. The molecule has 1 aliphatic rings. The van der Waals surface area contributed by atoms with Crippen LogP contribution in [0.5, 0.6) is 5.75 Å². The number of sulfone groups is 1. The molecule has 1 aliphatic heterocycles. The van der Waals surface area contributed by atoms with Crippen LogP contribution in [0.15, 0.2) is 58.3 Å². The van der Waals surface area contributed by atoms with Crippen molar-refractivity contribution >= 4 is 21.7 Å². The molecular weight excluding hydrogens is 462 g/mol. The highest BCUT2D eigenvalue weighted by molar-refractivity contribution is 7.91. The van der Waals surface area contributed by atoms with Gasteiger partial charge in [0.25, 0.3) is 0 Å². The Kier molecular flexibility index (Phi) is 8.61. The van der Waals surface area contributed by atoms with E-state index in [-0.39, 0.29) is 28.2 Å². The van der Waals surface area contributed by atoms with Crippen LogP contribution in [-0.4, -0.2) is 69.5 Å². The minimum Gasteiger partial charge on any atom is -0.497 e. The van der Waals surface area contributed by atoms with Crippen molar-refractivity contribution in [2.24, 2.45) is 5.92 Å². The van der Waals surface area contributed by atoms with Gasteiger partial charge in [0, 0.05) is 5.92 Å². The summed E-state index contributed by atoms with van der Waals surface area (Å²) in [6.07, 6.45) is 1.20. The Balaban J connectivity index is 1.74. The number of esters is 1. The van der Waals surface area contributed by atoms with E-state index in [1.807, 2.05) is 0 Å². The Morgan fingerprint density at radius 3 is 2.09 bits per heavy atom. The molecule has 0 spiro atoms. The third-order valence-corrected chi connectivity index (χ3v) is 7.44. The minimum atomic E-state index is -3.74. The second kappa shape index (κ2) is 11.4. The number of hydroxylamine groups is 1. The first-order valence-electron chi connectivity index (χ1n) is 10.8. The molecule has 2 aromatic rings. The molecule has 0 saturated carbocycles. The number of piperidine rings is 1. The van der Waals surface area contributed by atoms with Crippen LogP contribution in [0.3, 0.4) is 0 Å². The minimum absolute atomic E-state index is 0.0862. The van der Waals surface area contributed by atoms with Gasteiger partial charge in [-0.25, -0.2) is 13.4 Å². The molecule has 11 heteroatoms. The highest BCUT2D eigenvalue weighted by Gasteiger charge is 2.31. The second-order valence-corrected chi connectivity index (χ2v) is 9.80. The van der Waals surface area contributed by atoms with Crippen LogP contribution in [0.25, 0.3) is 0 Å². The molecule has 10 nitrogen and oxygen atoms in total. The first-order chi connectivity index (χ1) is 16.3. The Morgan fingerprint density at radius 2 is 1.56 bits per heavy atom. The molecule has 34 heavy (non-hydrogen) atoms. The van der Waals surface area contributed by atoms with E-state index in [0.29, 0.717) is 42.4 Å². The Hall–Kier alpha value is -2.99. The molecule has 0 aliphatic carbocycles. The summed E-state index contributed by atoms with van der Waals surface area (Å²) in [7, 11) is -1.03. The lowest BCUT2D eigenvalue weighted by atomic mass is 9.97. The van der Waals surface area contributed by atoms with Gasteiger partial charge >= 0.3 is 5.97 Å². The van der Waals surface area contributed by atoms with Gasteiger partial charge in [0.05, 0.1) is 30.6 Å². The maximum Gasteiger partial charge on any atom is 0.327 e. The maximum atomic E-state index is 13.0. The zero-order chi connectivity index (χ0) is 24.7. The molecule has 1 heterocycles. The van der Waals surface area contributed by atoms with Crippen molar-refractivity contribution in [1.29, 1.82) is 0 Å². The molecule has 0 bridgehead atoms. The van der Waals surface area contributed by atoms with Crippen LogP contribution in [0.2, 0.25) is 0 Å². The van der Waals surface area contributed by atoms with Crippen LogP contribution in [0.1, 0.15) is 18.4 Å². The summed E-state index contributed by atoms with van der Waals surface area (Å²) >= 11 is 0.